The Morgan fingerprint density at radius 1 is 1.20 bits per heavy atom. The molecule has 7 heteroatoms. The summed E-state index contributed by atoms with van der Waals surface area (Å²) in [6, 6.07) is 10.1. The third-order valence-corrected chi connectivity index (χ3v) is 2.72. The monoisotopic (exact) mass is 298 g/mol. The van der Waals surface area contributed by atoms with Gasteiger partial charge in [0.25, 0.3) is 0 Å². The van der Waals surface area contributed by atoms with Crippen LogP contribution in [-0.4, -0.2) is 33.3 Å². The first-order chi connectivity index (χ1) is 9.31. The zero-order valence-corrected chi connectivity index (χ0v) is 11.9. The summed E-state index contributed by atoms with van der Waals surface area (Å²) in [5.41, 5.74) is 6.61. The van der Waals surface area contributed by atoms with Crippen molar-refractivity contribution in [2.24, 2.45) is 5.73 Å². The van der Waals surface area contributed by atoms with Crippen molar-refractivity contribution in [2.75, 3.05) is 13.2 Å². The van der Waals surface area contributed by atoms with Crippen LogP contribution < -0.4 is 5.73 Å². The van der Waals surface area contributed by atoms with Gasteiger partial charge in [-0.1, -0.05) is 35.5 Å². The molecule has 2 rings (SSSR count). The molecule has 1 aromatic heterocycles. The zero-order valence-electron chi connectivity index (χ0n) is 11.1. The number of hydrogen-bond acceptors (Lipinski definition) is 6. The minimum absolute atomic E-state index is 0. The zero-order chi connectivity index (χ0) is 13.5. The highest BCUT2D eigenvalue weighted by atomic mass is 35.5. The fourth-order valence-corrected chi connectivity index (χ4v) is 1.83. The van der Waals surface area contributed by atoms with Crippen molar-refractivity contribution in [3.05, 3.63) is 47.6 Å². The van der Waals surface area contributed by atoms with Gasteiger partial charge in [0.1, 0.15) is 0 Å². The van der Waals surface area contributed by atoms with Gasteiger partial charge in [-0.15, -0.1) is 12.4 Å². The molecule has 6 nitrogen and oxygen atoms in total. The molecule has 0 unspecified atom stereocenters. The molecule has 110 valence electrons. The predicted molar refractivity (Wildman–Crippen MR) is 77.1 cm³/mol. The molecule has 0 aliphatic carbocycles. The van der Waals surface area contributed by atoms with Crippen LogP contribution in [0.15, 0.2) is 34.9 Å². The number of aliphatic hydroxyl groups excluding tert-OH is 1. The van der Waals surface area contributed by atoms with Gasteiger partial charge < -0.3 is 15.4 Å². The Kier molecular flexibility index (Phi) is 7.17. The maximum absolute atomic E-state index is 9.12. The van der Waals surface area contributed by atoms with E-state index in [1.165, 1.54) is 5.56 Å². The van der Waals surface area contributed by atoms with Gasteiger partial charge in [-0.25, -0.2) is 0 Å². The Labute approximate surface area is 124 Å². The van der Waals surface area contributed by atoms with Crippen molar-refractivity contribution >= 4 is 12.4 Å². The van der Waals surface area contributed by atoms with Gasteiger partial charge in [-0.2, -0.15) is 4.98 Å². The summed E-state index contributed by atoms with van der Waals surface area (Å²) in [7, 11) is 0. The van der Waals surface area contributed by atoms with E-state index in [1.807, 2.05) is 30.3 Å². The van der Waals surface area contributed by atoms with Crippen molar-refractivity contribution in [3.8, 4) is 0 Å². The van der Waals surface area contributed by atoms with Crippen molar-refractivity contribution in [1.82, 2.24) is 15.0 Å². The van der Waals surface area contributed by atoms with Gasteiger partial charge in [0.15, 0.2) is 5.82 Å². The molecule has 20 heavy (non-hydrogen) atoms. The van der Waals surface area contributed by atoms with Crippen LogP contribution in [0.1, 0.15) is 17.3 Å². The Balaban J connectivity index is 0.00000200. The summed E-state index contributed by atoms with van der Waals surface area (Å²) in [5.74, 6) is 1.02. The molecule has 1 heterocycles. The summed E-state index contributed by atoms with van der Waals surface area (Å²) in [6.07, 6.45) is 0. The van der Waals surface area contributed by atoms with E-state index in [0.717, 1.165) is 6.54 Å². The van der Waals surface area contributed by atoms with Crippen LogP contribution in [0.4, 0.5) is 0 Å². The average Bonchev–Trinajstić information content (AvgIpc) is 2.88. The molecule has 0 radical (unpaired) electrons. The standard InChI is InChI=1S/C13H18N4O2.ClH/c14-8-13-15-12(16-19-13)10-17(6-7-18)9-11-4-2-1-3-5-11;/h1-5,18H,6-10,14H2;1H. The third-order valence-electron chi connectivity index (χ3n) is 2.72. The highest BCUT2D eigenvalue weighted by Crippen LogP contribution is 2.08. The molecular weight excluding hydrogens is 280 g/mol. The number of rotatable bonds is 7. The molecule has 0 atom stereocenters. The molecule has 1 aromatic carbocycles. The first-order valence-corrected chi connectivity index (χ1v) is 6.20. The highest BCUT2D eigenvalue weighted by molar-refractivity contribution is 5.85. The minimum Gasteiger partial charge on any atom is -0.395 e. The molecule has 0 aliphatic heterocycles. The van der Waals surface area contributed by atoms with Gasteiger partial charge >= 0.3 is 0 Å². The summed E-state index contributed by atoms with van der Waals surface area (Å²) >= 11 is 0. The van der Waals surface area contributed by atoms with E-state index in [2.05, 4.69) is 15.0 Å². The second-order valence-electron chi connectivity index (χ2n) is 4.23. The van der Waals surface area contributed by atoms with Gasteiger partial charge in [0.2, 0.25) is 5.89 Å². The largest absolute Gasteiger partial charge is 0.395 e. The minimum atomic E-state index is 0. The number of aromatic nitrogens is 2. The SMILES string of the molecule is Cl.NCc1nc(CN(CCO)Cc2ccccc2)no1. The number of aliphatic hydroxyl groups is 1. The lowest BCUT2D eigenvalue weighted by molar-refractivity contribution is 0.179. The molecule has 0 aliphatic rings. The Morgan fingerprint density at radius 3 is 2.55 bits per heavy atom. The quantitative estimate of drug-likeness (QED) is 0.791. The van der Waals surface area contributed by atoms with Crippen molar-refractivity contribution < 1.29 is 9.63 Å². The Bertz CT molecular complexity index is 492. The summed E-state index contributed by atoms with van der Waals surface area (Å²) < 4.78 is 4.97. The van der Waals surface area contributed by atoms with E-state index in [4.69, 9.17) is 15.4 Å². The molecular formula is C13H19ClN4O2. The second-order valence-corrected chi connectivity index (χ2v) is 4.23. The topological polar surface area (TPSA) is 88.4 Å². The maximum Gasteiger partial charge on any atom is 0.240 e. The Morgan fingerprint density at radius 2 is 1.95 bits per heavy atom. The van der Waals surface area contributed by atoms with Crippen molar-refractivity contribution in [1.29, 1.82) is 0 Å². The van der Waals surface area contributed by atoms with E-state index in [0.29, 0.717) is 24.8 Å². The lowest BCUT2D eigenvalue weighted by Gasteiger charge is -2.19. The molecule has 0 fully saturated rings. The molecule has 0 amide bonds. The van der Waals surface area contributed by atoms with Gasteiger partial charge in [0.05, 0.1) is 19.7 Å². The van der Waals surface area contributed by atoms with E-state index in [1.54, 1.807) is 0 Å². The summed E-state index contributed by atoms with van der Waals surface area (Å²) in [4.78, 5) is 6.22. The van der Waals surface area contributed by atoms with Gasteiger partial charge in [0, 0.05) is 13.1 Å². The molecule has 0 saturated heterocycles. The fraction of sp³-hybridized carbons (Fsp3) is 0.385. The van der Waals surface area contributed by atoms with Crippen LogP contribution >= 0.6 is 12.4 Å². The lowest BCUT2D eigenvalue weighted by Crippen LogP contribution is -2.26. The van der Waals surface area contributed by atoms with Crippen LogP contribution in [0, 0.1) is 0 Å². The van der Waals surface area contributed by atoms with Crippen molar-refractivity contribution in [3.63, 3.8) is 0 Å². The van der Waals surface area contributed by atoms with Crippen LogP contribution in [0.5, 0.6) is 0 Å². The first kappa shape index (κ1) is 16.6. The molecule has 3 N–H and O–H groups in total. The Hall–Kier alpha value is -1.47. The second kappa shape index (κ2) is 8.65. The number of hydrogen-bond donors (Lipinski definition) is 2. The van der Waals surface area contributed by atoms with Crippen LogP contribution in [0.2, 0.25) is 0 Å². The number of nitrogens with zero attached hydrogens (tertiary/aromatic N) is 3. The summed E-state index contributed by atoms with van der Waals surface area (Å²) in [5, 5.41) is 13.0. The van der Waals surface area contributed by atoms with E-state index in [9.17, 15) is 0 Å². The van der Waals surface area contributed by atoms with E-state index in [-0.39, 0.29) is 25.6 Å². The predicted octanol–water partition coefficient (Wildman–Crippen LogP) is 0.945. The smallest absolute Gasteiger partial charge is 0.240 e. The highest BCUT2D eigenvalue weighted by Gasteiger charge is 2.11. The first-order valence-electron chi connectivity index (χ1n) is 6.20. The average molecular weight is 299 g/mol. The van der Waals surface area contributed by atoms with Gasteiger partial charge in [-0.3, -0.25) is 4.90 Å². The molecule has 0 saturated carbocycles. The van der Waals surface area contributed by atoms with Gasteiger partial charge in [-0.05, 0) is 5.56 Å². The van der Waals surface area contributed by atoms with E-state index >= 15 is 0 Å². The van der Waals surface area contributed by atoms with E-state index < -0.39 is 0 Å². The van der Waals surface area contributed by atoms with Crippen molar-refractivity contribution in [2.45, 2.75) is 19.6 Å². The number of benzene rings is 1. The molecule has 2 aromatic rings. The van der Waals surface area contributed by atoms with Crippen LogP contribution in [0.3, 0.4) is 0 Å². The molecule has 0 bridgehead atoms. The normalized spacial score (nSPS) is 10.6. The fourth-order valence-electron chi connectivity index (χ4n) is 1.83. The third kappa shape index (κ3) is 4.90. The molecule has 0 spiro atoms. The van der Waals surface area contributed by atoms with Crippen LogP contribution in [-0.2, 0) is 19.6 Å². The summed E-state index contributed by atoms with van der Waals surface area (Å²) in [6.45, 7) is 2.15. The lowest BCUT2D eigenvalue weighted by atomic mass is 10.2. The number of halogens is 1. The maximum atomic E-state index is 9.12. The van der Waals surface area contributed by atoms with Crippen LogP contribution in [0.25, 0.3) is 0 Å². The number of nitrogens with two attached hydrogens (primary N) is 1.